The van der Waals surface area contributed by atoms with Gasteiger partial charge in [-0.15, -0.1) is 0 Å². The Balaban J connectivity index is 1.45. The average Bonchev–Trinajstić information content (AvgIpc) is 2.75. The third kappa shape index (κ3) is 5.55. The third-order valence-corrected chi connectivity index (χ3v) is 4.89. The average molecular weight is 394 g/mol. The van der Waals surface area contributed by atoms with E-state index < -0.39 is 0 Å². The van der Waals surface area contributed by atoms with Gasteiger partial charge >= 0.3 is 11.9 Å². The van der Waals surface area contributed by atoms with Gasteiger partial charge < -0.3 is 14.2 Å². The molecule has 0 aliphatic carbocycles. The molecular formula is C24H26O5. The Hall–Kier alpha value is -2.92. The van der Waals surface area contributed by atoms with Crippen LogP contribution in [0.3, 0.4) is 0 Å². The van der Waals surface area contributed by atoms with Gasteiger partial charge in [-0.05, 0) is 52.2 Å². The molecule has 0 radical (unpaired) electrons. The van der Waals surface area contributed by atoms with Gasteiger partial charge in [-0.1, -0.05) is 44.2 Å². The van der Waals surface area contributed by atoms with E-state index in [0.717, 1.165) is 22.6 Å². The molecule has 1 atom stereocenters. The summed E-state index contributed by atoms with van der Waals surface area (Å²) in [6.45, 7) is 4.66. The fourth-order valence-corrected chi connectivity index (χ4v) is 2.96. The number of fused-ring (bicyclic) bond motifs is 2. The molecule has 1 unspecified atom stereocenters. The molecule has 152 valence electrons. The summed E-state index contributed by atoms with van der Waals surface area (Å²) < 4.78 is 15.7. The highest BCUT2D eigenvalue weighted by Gasteiger charge is 2.11. The van der Waals surface area contributed by atoms with Gasteiger partial charge in [-0.3, -0.25) is 4.79 Å². The molecule has 0 bridgehead atoms. The Bertz CT molecular complexity index is 995. The van der Waals surface area contributed by atoms with Crippen molar-refractivity contribution in [2.45, 2.75) is 20.3 Å². The lowest BCUT2D eigenvalue weighted by Crippen LogP contribution is -2.18. The number of esters is 2. The minimum Gasteiger partial charge on any atom is -0.463 e. The summed E-state index contributed by atoms with van der Waals surface area (Å²) in [5, 5.41) is 4.38. The Labute approximate surface area is 170 Å². The summed E-state index contributed by atoms with van der Waals surface area (Å²) in [7, 11) is 0. The molecule has 0 aromatic heterocycles. The second-order valence-corrected chi connectivity index (χ2v) is 6.99. The highest BCUT2D eigenvalue weighted by Crippen LogP contribution is 2.24. The molecule has 0 aliphatic rings. The van der Waals surface area contributed by atoms with E-state index in [-0.39, 0.29) is 44.3 Å². The summed E-state index contributed by atoms with van der Waals surface area (Å²) in [4.78, 5) is 23.8. The number of hydrogen-bond acceptors (Lipinski definition) is 5. The van der Waals surface area contributed by atoms with E-state index >= 15 is 0 Å². The molecule has 29 heavy (non-hydrogen) atoms. The normalized spacial score (nSPS) is 12.1. The van der Waals surface area contributed by atoms with Crippen molar-refractivity contribution < 1.29 is 23.8 Å². The topological polar surface area (TPSA) is 61.8 Å². The summed E-state index contributed by atoms with van der Waals surface area (Å²) in [5.41, 5.74) is 0.510. The van der Waals surface area contributed by atoms with Gasteiger partial charge in [0.05, 0.1) is 24.7 Å². The maximum atomic E-state index is 12.3. The molecule has 0 aliphatic heterocycles. The highest BCUT2D eigenvalue weighted by atomic mass is 16.6. The first-order chi connectivity index (χ1) is 14.1. The maximum Gasteiger partial charge on any atom is 0.338 e. The molecule has 0 heterocycles. The van der Waals surface area contributed by atoms with E-state index in [0.29, 0.717) is 5.56 Å². The quantitative estimate of drug-likeness (QED) is 0.298. The molecule has 5 nitrogen and oxygen atoms in total. The SMILES string of the molecule is CCC(C)C(=O)OCCOCCOC(=O)c1ccc2cc3ccccc3cc2c1. The Morgan fingerprint density at radius 1 is 0.793 bits per heavy atom. The largest absolute Gasteiger partial charge is 0.463 e. The van der Waals surface area contributed by atoms with Crippen molar-refractivity contribution in [1.29, 1.82) is 0 Å². The zero-order valence-electron chi connectivity index (χ0n) is 16.9. The molecule has 3 rings (SSSR count). The van der Waals surface area contributed by atoms with Crippen molar-refractivity contribution in [2.24, 2.45) is 5.92 Å². The van der Waals surface area contributed by atoms with Gasteiger partial charge in [0.25, 0.3) is 0 Å². The lowest BCUT2D eigenvalue weighted by atomic mass is 10.0. The highest BCUT2D eigenvalue weighted by molar-refractivity contribution is 6.01. The predicted octanol–water partition coefficient (Wildman–Crippen LogP) is 4.76. The lowest BCUT2D eigenvalue weighted by Gasteiger charge is -2.10. The van der Waals surface area contributed by atoms with Crippen LogP contribution in [0.5, 0.6) is 0 Å². The van der Waals surface area contributed by atoms with Crippen LogP contribution in [0, 0.1) is 5.92 Å². The summed E-state index contributed by atoms with van der Waals surface area (Å²) in [5.74, 6) is -0.700. The van der Waals surface area contributed by atoms with Gasteiger partial charge in [0, 0.05) is 0 Å². The number of benzene rings is 3. The van der Waals surface area contributed by atoms with Crippen molar-refractivity contribution in [1.82, 2.24) is 0 Å². The standard InChI is InChI=1S/C24H26O5/c1-3-17(2)23(25)28-12-10-27-11-13-29-24(26)21-9-8-20-14-18-6-4-5-7-19(18)15-22(20)16-21/h4-9,14-17H,3,10-13H2,1-2H3. The Kier molecular flexibility index (Phi) is 7.19. The molecule has 5 heteroatoms. The molecule has 0 saturated heterocycles. The third-order valence-electron chi connectivity index (χ3n) is 4.89. The number of ether oxygens (including phenoxy) is 3. The molecule has 0 spiro atoms. The molecule has 0 N–H and O–H groups in total. The lowest BCUT2D eigenvalue weighted by molar-refractivity contribution is -0.149. The summed E-state index contributed by atoms with van der Waals surface area (Å²) in [6.07, 6.45) is 0.751. The first-order valence-corrected chi connectivity index (χ1v) is 9.92. The van der Waals surface area contributed by atoms with Crippen LogP contribution in [-0.4, -0.2) is 38.4 Å². The fraction of sp³-hybridized carbons (Fsp3) is 0.333. The van der Waals surface area contributed by atoms with Crippen LogP contribution in [0.2, 0.25) is 0 Å². The van der Waals surface area contributed by atoms with Crippen LogP contribution >= 0.6 is 0 Å². The van der Waals surface area contributed by atoms with E-state index in [1.807, 2.05) is 38.1 Å². The van der Waals surface area contributed by atoms with Gasteiger partial charge in [0.2, 0.25) is 0 Å². The molecule has 0 fully saturated rings. The van der Waals surface area contributed by atoms with Crippen LogP contribution in [-0.2, 0) is 19.0 Å². The van der Waals surface area contributed by atoms with Crippen LogP contribution in [0.1, 0.15) is 30.6 Å². The zero-order chi connectivity index (χ0) is 20.6. The van der Waals surface area contributed by atoms with Crippen molar-refractivity contribution >= 4 is 33.5 Å². The summed E-state index contributed by atoms with van der Waals surface area (Å²) >= 11 is 0. The van der Waals surface area contributed by atoms with Gasteiger partial charge in [0.1, 0.15) is 13.2 Å². The van der Waals surface area contributed by atoms with Crippen LogP contribution in [0.15, 0.2) is 54.6 Å². The number of hydrogen-bond donors (Lipinski definition) is 0. The van der Waals surface area contributed by atoms with Crippen LogP contribution in [0.25, 0.3) is 21.5 Å². The van der Waals surface area contributed by atoms with E-state index in [1.165, 1.54) is 5.39 Å². The van der Waals surface area contributed by atoms with Crippen molar-refractivity contribution in [3.63, 3.8) is 0 Å². The second-order valence-electron chi connectivity index (χ2n) is 6.99. The first-order valence-electron chi connectivity index (χ1n) is 9.92. The predicted molar refractivity (Wildman–Crippen MR) is 113 cm³/mol. The Morgan fingerprint density at radius 3 is 2.10 bits per heavy atom. The van der Waals surface area contributed by atoms with E-state index in [9.17, 15) is 9.59 Å². The van der Waals surface area contributed by atoms with E-state index in [1.54, 1.807) is 6.07 Å². The zero-order valence-corrected chi connectivity index (χ0v) is 16.9. The maximum absolute atomic E-state index is 12.3. The van der Waals surface area contributed by atoms with Gasteiger partial charge in [-0.2, -0.15) is 0 Å². The molecule has 0 amide bonds. The van der Waals surface area contributed by atoms with E-state index in [2.05, 4.69) is 24.3 Å². The Morgan fingerprint density at radius 2 is 1.41 bits per heavy atom. The first kappa shape index (κ1) is 20.8. The molecule has 3 aromatic carbocycles. The minimum atomic E-state index is -0.383. The van der Waals surface area contributed by atoms with Gasteiger partial charge in [0.15, 0.2) is 0 Å². The van der Waals surface area contributed by atoms with Crippen LogP contribution in [0.4, 0.5) is 0 Å². The van der Waals surface area contributed by atoms with Crippen molar-refractivity contribution in [3.05, 3.63) is 60.2 Å². The molecule has 3 aromatic rings. The number of rotatable bonds is 9. The van der Waals surface area contributed by atoms with Crippen molar-refractivity contribution in [2.75, 3.05) is 26.4 Å². The molecular weight excluding hydrogens is 368 g/mol. The van der Waals surface area contributed by atoms with Gasteiger partial charge in [-0.25, -0.2) is 4.79 Å². The fourth-order valence-electron chi connectivity index (χ4n) is 2.96. The van der Waals surface area contributed by atoms with Crippen molar-refractivity contribution in [3.8, 4) is 0 Å². The summed E-state index contributed by atoms with van der Waals surface area (Å²) in [6, 6.07) is 17.9. The van der Waals surface area contributed by atoms with E-state index in [4.69, 9.17) is 14.2 Å². The smallest absolute Gasteiger partial charge is 0.338 e. The second kappa shape index (κ2) is 10.0. The minimum absolute atomic E-state index is 0.101. The number of carbonyl (C=O) groups is 2. The molecule has 0 saturated carbocycles. The monoisotopic (exact) mass is 394 g/mol. The number of carbonyl (C=O) groups excluding carboxylic acids is 2. The van der Waals surface area contributed by atoms with Crippen LogP contribution < -0.4 is 0 Å².